The lowest BCUT2D eigenvalue weighted by Crippen LogP contribution is -2.46. The van der Waals surface area contributed by atoms with Crippen LogP contribution in [0.4, 0.5) is 10.1 Å². The molecule has 2 N–H and O–H groups in total. The van der Waals surface area contributed by atoms with Crippen LogP contribution in [0.1, 0.15) is 45.7 Å². The summed E-state index contributed by atoms with van der Waals surface area (Å²) in [7, 11) is 0. The Morgan fingerprint density at radius 3 is 2.63 bits per heavy atom. The summed E-state index contributed by atoms with van der Waals surface area (Å²) in [4.78, 5) is 2.22. The normalized spacial score (nSPS) is 29.4. The standard InChI is InChI=1S/C16H25FN2/c1-10-8-11(2)13(4)19(9-10)16-14(12(3)18)6-5-7-15(16)17/h5-7,10-13H,8-9,18H2,1-4H3. The van der Waals surface area contributed by atoms with Crippen molar-refractivity contribution in [2.45, 2.75) is 46.2 Å². The molecule has 1 aromatic carbocycles. The summed E-state index contributed by atoms with van der Waals surface area (Å²) < 4.78 is 14.3. The quantitative estimate of drug-likeness (QED) is 0.882. The minimum Gasteiger partial charge on any atom is -0.366 e. The first-order valence-corrected chi connectivity index (χ1v) is 7.22. The molecule has 0 amide bonds. The summed E-state index contributed by atoms with van der Waals surface area (Å²) in [5.74, 6) is 1.01. The van der Waals surface area contributed by atoms with Gasteiger partial charge in [0.05, 0.1) is 5.69 Å². The van der Waals surface area contributed by atoms with Crippen LogP contribution in [0.25, 0.3) is 0 Å². The minimum absolute atomic E-state index is 0.148. The molecule has 4 atom stereocenters. The van der Waals surface area contributed by atoms with Crippen LogP contribution >= 0.6 is 0 Å². The lowest BCUT2D eigenvalue weighted by Gasteiger charge is -2.43. The summed E-state index contributed by atoms with van der Waals surface area (Å²) in [6, 6.07) is 5.44. The topological polar surface area (TPSA) is 29.3 Å². The van der Waals surface area contributed by atoms with Gasteiger partial charge in [0.1, 0.15) is 5.82 Å². The number of nitrogens with two attached hydrogens (primary N) is 1. The van der Waals surface area contributed by atoms with Crippen LogP contribution in [0.3, 0.4) is 0 Å². The Morgan fingerprint density at radius 1 is 1.32 bits per heavy atom. The van der Waals surface area contributed by atoms with Gasteiger partial charge in [-0.15, -0.1) is 0 Å². The highest BCUT2D eigenvalue weighted by Crippen LogP contribution is 2.36. The zero-order valence-corrected chi connectivity index (χ0v) is 12.4. The van der Waals surface area contributed by atoms with E-state index in [1.165, 1.54) is 12.5 Å². The fraction of sp³-hybridized carbons (Fsp3) is 0.625. The van der Waals surface area contributed by atoms with E-state index in [2.05, 4.69) is 25.7 Å². The predicted octanol–water partition coefficient (Wildman–Crippen LogP) is 3.72. The van der Waals surface area contributed by atoms with E-state index in [4.69, 9.17) is 5.73 Å². The van der Waals surface area contributed by atoms with Crippen molar-refractivity contribution < 1.29 is 4.39 Å². The fourth-order valence-corrected chi connectivity index (χ4v) is 3.21. The molecule has 0 spiro atoms. The number of piperidine rings is 1. The number of anilines is 1. The molecule has 0 saturated carbocycles. The van der Waals surface area contributed by atoms with Crippen LogP contribution in [0, 0.1) is 17.7 Å². The maximum Gasteiger partial charge on any atom is 0.146 e. The van der Waals surface area contributed by atoms with Gasteiger partial charge < -0.3 is 10.6 Å². The average molecular weight is 264 g/mol. The van der Waals surface area contributed by atoms with Gasteiger partial charge in [-0.3, -0.25) is 0 Å². The molecule has 4 unspecified atom stereocenters. The fourth-order valence-electron chi connectivity index (χ4n) is 3.21. The molecule has 1 heterocycles. The number of nitrogens with zero attached hydrogens (tertiary/aromatic N) is 1. The molecule has 0 aromatic heterocycles. The van der Waals surface area contributed by atoms with Crippen LogP contribution < -0.4 is 10.6 Å². The zero-order chi connectivity index (χ0) is 14.2. The van der Waals surface area contributed by atoms with Crippen molar-refractivity contribution in [2.75, 3.05) is 11.4 Å². The summed E-state index contributed by atoms with van der Waals surface area (Å²) in [6.45, 7) is 9.50. The molecule has 2 rings (SSSR count). The van der Waals surface area contributed by atoms with Crippen molar-refractivity contribution in [3.63, 3.8) is 0 Å². The second-order valence-electron chi connectivity index (χ2n) is 6.18. The highest BCUT2D eigenvalue weighted by atomic mass is 19.1. The molecule has 2 nitrogen and oxygen atoms in total. The molecule has 1 fully saturated rings. The van der Waals surface area contributed by atoms with E-state index in [1.54, 1.807) is 6.07 Å². The third kappa shape index (κ3) is 2.76. The Bertz CT molecular complexity index is 444. The molecular weight excluding hydrogens is 239 g/mol. The van der Waals surface area contributed by atoms with E-state index in [-0.39, 0.29) is 11.9 Å². The van der Waals surface area contributed by atoms with Crippen molar-refractivity contribution in [1.29, 1.82) is 0 Å². The molecule has 1 saturated heterocycles. The molecule has 0 radical (unpaired) electrons. The third-order valence-corrected chi connectivity index (χ3v) is 4.39. The predicted molar refractivity (Wildman–Crippen MR) is 78.8 cm³/mol. The van der Waals surface area contributed by atoms with Gasteiger partial charge in [0.25, 0.3) is 0 Å². The van der Waals surface area contributed by atoms with Gasteiger partial charge in [-0.25, -0.2) is 4.39 Å². The van der Waals surface area contributed by atoms with Crippen LogP contribution in [0.2, 0.25) is 0 Å². The van der Waals surface area contributed by atoms with Gasteiger partial charge in [-0.05, 0) is 43.7 Å². The van der Waals surface area contributed by atoms with Crippen LogP contribution in [-0.2, 0) is 0 Å². The maximum atomic E-state index is 14.3. The molecular formula is C16H25FN2. The SMILES string of the molecule is CC1CC(C)C(C)N(c2c(F)cccc2C(C)N)C1. The number of benzene rings is 1. The van der Waals surface area contributed by atoms with Crippen molar-refractivity contribution in [2.24, 2.45) is 17.6 Å². The van der Waals surface area contributed by atoms with Crippen LogP contribution in [0.5, 0.6) is 0 Å². The van der Waals surface area contributed by atoms with Gasteiger partial charge in [0.15, 0.2) is 0 Å². The lowest BCUT2D eigenvalue weighted by molar-refractivity contribution is 0.294. The number of para-hydroxylation sites is 1. The van der Waals surface area contributed by atoms with E-state index >= 15 is 0 Å². The average Bonchev–Trinajstić information content (AvgIpc) is 2.33. The molecule has 1 aromatic rings. The molecule has 19 heavy (non-hydrogen) atoms. The van der Waals surface area contributed by atoms with Crippen molar-refractivity contribution in [3.8, 4) is 0 Å². The molecule has 0 aliphatic carbocycles. The Hall–Kier alpha value is -1.09. The number of halogens is 1. The molecule has 1 aliphatic rings. The summed E-state index contributed by atoms with van der Waals surface area (Å²) in [5.41, 5.74) is 7.63. The van der Waals surface area contributed by atoms with Gasteiger partial charge in [0, 0.05) is 18.6 Å². The van der Waals surface area contributed by atoms with E-state index in [0.29, 0.717) is 23.6 Å². The zero-order valence-electron chi connectivity index (χ0n) is 12.4. The van der Waals surface area contributed by atoms with E-state index in [0.717, 1.165) is 12.1 Å². The Kier molecular flexibility index (Phi) is 4.14. The monoisotopic (exact) mass is 264 g/mol. The third-order valence-electron chi connectivity index (χ3n) is 4.39. The van der Waals surface area contributed by atoms with Crippen molar-refractivity contribution >= 4 is 5.69 Å². The summed E-state index contributed by atoms with van der Waals surface area (Å²) >= 11 is 0. The first kappa shape index (κ1) is 14.3. The number of hydrogen-bond donors (Lipinski definition) is 1. The van der Waals surface area contributed by atoms with E-state index in [9.17, 15) is 4.39 Å². The van der Waals surface area contributed by atoms with Crippen molar-refractivity contribution in [1.82, 2.24) is 0 Å². The second-order valence-corrected chi connectivity index (χ2v) is 6.18. The van der Waals surface area contributed by atoms with Crippen molar-refractivity contribution in [3.05, 3.63) is 29.6 Å². The van der Waals surface area contributed by atoms with Gasteiger partial charge in [-0.2, -0.15) is 0 Å². The van der Waals surface area contributed by atoms with E-state index in [1.807, 2.05) is 13.0 Å². The summed E-state index contributed by atoms with van der Waals surface area (Å²) in [5, 5.41) is 0. The number of hydrogen-bond acceptors (Lipinski definition) is 2. The highest BCUT2D eigenvalue weighted by molar-refractivity contribution is 5.57. The van der Waals surface area contributed by atoms with Crippen LogP contribution in [-0.4, -0.2) is 12.6 Å². The molecule has 0 bridgehead atoms. The van der Waals surface area contributed by atoms with Gasteiger partial charge in [0.2, 0.25) is 0 Å². The Labute approximate surface area is 115 Å². The van der Waals surface area contributed by atoms with Crippen LogP contribution in [0.15, 0.2) is 18.2 Å². The van der Waals surface area contributed by atoms with Gasteiger partial charge in [-0.1, -0.05) is 26.0 Å². The molecule has 3 heteroatoms. The first-order chi connectivity index (χ1) is 8.91. The van der Waals surface area contributed by atoms with E-state index < -0.39 is 0 Å². The summed E-state index contributed by atoms with van der Waals surface area (Å²) in [6.07, 6.45) is 1.21. The molecule has 1 aliphatic heterocycles. The Balaban J connectivity index is 2.45. The highest BCUT2D eigenvalue weighted by Gasteiger charge is 2.31. The first-order valence-electron chi connectivity index (χ1n) is 7.22. The maximum absolute atomic E-state index is 14.3. The largest absolute Gasteiger partial charge is 0.366 e. The van der Waals surface area contributed by atoms with Gasteiger partial charge >= 0.3 is 0 Å². The lowest BCUT2D eigenvalue weighted by atomic mass is 9.85. The number of rotatable bonds is 2. The molecule has 106 valence electrons. The smallest absolute Gasteiger partial charge is 0.146 e. The Morgan fingerprint density at radius 2 is 2.00 bits per heavy atom. The minimum atomic E-state index is -0.150. The second kappa shape index (κ2) is 5.49.